The smallest absolute Gasteiger partial charge is 0.667 e. The Morgan fingerprint density at radius 1 is 0.810 bits per heavy atom. The molecule has 0 unspecified atom stereocenters. The van der Waals surface area contributed by atoms with E-state index in [2.05, 4.69) is 26.2 Å². The molecule has 1 aliphatic carbocycles. The van der Waals surface area contributed by atoms with Crippen LogP contribution in [-0.4, -0.2) is 47.8 Å². The van der Waals surface area contributed by atoms with Crippen LogP contribution in [0.2, 0.25) is 26.2 Å². The fourth-order valence-electron chi connectivity index (χ4n) is 2.90. The van der Waals surface area contributed by atoms with Crippen molar-refractivity contribution in [2.24, 2.45) is 0 Å². The normalized spacial score (nSPS) is 17.3. The zero-order valence-corrected chi connectivity index (χ0v) is 18.8. The molecule has 0 N–H and O–H groups in total. The first-order valence-electron chi connectivity index (χ1n) is 7.76. The van der Waals surface area contributed by atoms with Gasteiger partial charge in [0.25, 0.3) is 0 Å². The second kappa shape index (κ2) is 11.5. The average molecular weight is 330 g/mol. The fraction of sp³-hybridized carbons (Fsp3) is 1.00. The maximum atomic E-state index is 4.75. The maximum absolute atomic E-state index is 4.75. The Morgan fingerprint density at radius 3 is 1.52 bits per heavy atom. The van der Waals surface area contributed by atoms with Gasteiger partial charge in [0.2, 0.25) is 0 Å². The monoisotopic (exact) mass is 330 g/mol. The molecule has 21 heavy (non-hydrogen) atoms. The molecular formula is C14H33Li2N2PSi2. The van der Waals surface area contributed by atoms with E-state index in [1.807, 2.05) is 14.1 Å². The van der Waals surface area contributed by atoms with E-state index in [9.17, 15) is 0 Å². The van der Waals surface area contributed by atoms with E-state index in [4.69, 9.17) is 9.96 Å². The Balaban J connectivity index is 0. The van der Waals surface area contributed by atoms with E-state index in [1.54, 1.807) is 0 Å². The third-order valence-corrected chi connectivity index (χ3v) is 17.9. The molecule has 0 aromatic heterocycles. The molecule has 0 spiro atoms. The van der Waals surface area contributed by atoms with Gasteiger partial charge < -0.3 is 9.96 Å². The molecule has 0 saturated heterocycles. The first-order valence-corrected chi connectivity index (χ1v) is 15.8. The van der Waals surface area contributed by atoms with E-state index in [0.717, 1.165) is 5.66 Å². The second-order valence-corrected chi connectivity index (χ2v) is 19.9. The Labute approximate surface area is 161 Å². The molecule has 7 heteroatoms. The Morgan fingerprint density at radius 2 is 1.19 bits per heavy atom. The molecule has 2 nitrogen and oxygen atoms in total. The van der Waals surface area contributed by atoms with Crippen molar-refractivity contribution in [1.29, 1.82) is 0 Å². The SMILES string of the molecule is C[N-][Si](C)(C)CP(C[Si](C)(C)[N-]C)C1CCCCC1.[Li+].[Li+]. The van der Waals surface area contributed by atoms with E-state index < -0.39 is 16.5 Å². The molecule has 0 radical (unpaired) electrons. The predicted octanol–water partition coefficient (Wildman–Crippen LogP) is -0.695. The summed E-state index contributed by atoms with van der Waals surface area (Å²) >= 11 is 0. The van der Waals surface area contributed by atoms with E-state index in [-0.39, 0.29) is 45.6 Å². The Kier molecular flexibility index (Phi) is 13.8. The van der Waals surface area contributed by atoms with Crippen molar-refractivity contribution in [2.45, 2.75) is 64.0 Å². The number of hydrogen-bond acceptors (Lipinski definition) is 0. The van der Waals surface area contributed by atoms with Crippen LogP contribution < -0.4 is 37.7 Å². The number of hydrogen-bond donors (Lipinski definition) is 0. The van der Waals surface area contributed by atoms with Crippen LogP contribution in [0.5, 0.6) is 0 Å². The summed E-state index contributed by atoms with van der Waals surface area (Å²) in [4.78, 5) is 9.50. The van der Waals surface area contributed by atoms with Crippen molar-refractivity contribution in [1.82, 2.24) is 0 Å². The summed E-state index contributed by atoms with van der Waals surface area (Å²) in [6.07, 6.45) is 7.40. The van der Waals surface area contributed by atoms with Crippen molar-refractivity contribution in [3.8, 4) is 0 Å². The van der Waals surface area contributed by atoms with Crippen molar-refractivity contribution in [3.63, 3.8) is 0 Å². The van der Waals surface area contributed by atoms with Gasteiger partial charge >= 0.3 is 37.7 Å². The minimum atomic E-state index is -1.30. The second-order valence-electron chi connectivity index (χ2n) is 7.27. The van der Waals surface area contributed by atoms with Crippen LogP contribution in [0.15, 0.2) is 0 Å². The van der Waals surface area contributed by atoms with Gasteiger partial charge in [-0.15, -0.1) is 7.92 Å². The molecule has 1 aliphatic rings. The van der Waals surface area contributed by atoms with E-state index in [1.165, 1.54) is 43.7 Å². The zero-order chi connectivity index (χ0) is 14.5. The van der Waals surface area contributed by atoms with E-state index in [0.29, 0.717) is 0 Å². The first-order chi connectivity index (χ1) is 8.79. The number of nitrogens with zero attached hydrogens (tertiary/aromatic N) is 2. The van der Waals surface area contributed by atoms with Crippen molar-refractivity contribution < 1.29 is 37.7 Å². The van der Waals surface area contributed by atoms with Crippen molar-refractivity contribution in [3.05, 3.63) is 9.96 Å². The molecule has 0 bridgehead atoms. The summed E-state index contributed by atoms with van der Waals surface area (Å²) in [5.74, 6) is 2.91. The number of rotatable bonds is 7. The van der Waals surface area contributed by atoms with Crippen LogP contribution in [-0.2, 0) is 0 Å². The Hall–Kier alpha value is 1.98. The minimum absolute atomic E-state index is 0. The molecule has 0 amide bonds. The van der Waals surface area contributed by atoms with Crippen LogP contribution in [0.4, 0.5) is 0 Å². The van der Waals surface area contributed by atoms with Crippen molar-refractivity contribution >= 4 is 24.4 Å². The average Bonchev–Trinajstić information content (AvgIpc) is 2.38. The van der Waals surface area contributed by atoms with Gasteiger partial charge in [0.1, 0.15) is 0 Å². The Bertz CT molecular complexity index is 258. The zero-order valence-electron chi connectivity index (χ0n) is 15.9. The topological polar surface area (TPSA) is 28.2 Å². The van der Waals surface area contributed by atoms with Gasteiger partial charge in [-0.25, -0.2) is 0 Å². The molecule has 1 fully saturated rings. The molecule has 1 rings (SSSR count). The van der Waals surface area contributed by atoms with Crippen LogP contribution in [0.3, 0.4) is 0 Å². The first kappa shape index (κ1) is 25.2. The van der Waals surface area contributed by atoms with Gasteiger partial charge in [-0.1, -0.05) is 73.5 Å². The van der Waals surface area contributed by atoms with Gasteiger partial charge in [-0.05, 0) is 18.5 Å². The summed E-state index contributed by atoms with van der Waals surface area (Å²) in [5.41, 5.74) is 1.03. The third kappa shape index (κ3) is 9.76. The molecule has 0 heterocycles. The van der Waals surface area contributed by atoms with Crippen LogP contribution in [0, 0.1) is 0 Å². The predicted molar refractivity (Wildman–Crippen MR) is 97.1 cm³/mol. The quantitative estimate of drug-likeness (QED) is 0.437. The summed E-state index contributed by atoms with van der Waals surface area (Å²) in [5, 5.41) is 0. The van der Waals surface area contributed by atoms with Gasteiger partial charge in [-0.2, -0.15) is 14.1 Å². The van der Waals surface area contributed by atoms with Gasteiger partial charge in [0, 0.05) is 0 Å². The molecule has 0 aromatic rings. The molecule has 0 aromatic carbocycles. The van der Waals surface area contributed by atoms with Gasteiger partial charge in [0.05, 0.1) is 0 Å². The summed E-state index contributed by atoms with van der Waals surface area (Å²) in [6, 6.07) is 0. The third-order valence-electron chi connectivity index (χ3n) is 4.48. The molecule has 114 valence electrons. The molecule has 1 saturated carbocycles. The maximum Gasteiger partial charge on any atom is 1.00 e. The summed E-state index contributed by atoms with van der Waals surface area (Å²) in [6.45, 7) is 9.79. The van der Waals surface area contributed by atoms with Crippen molar-refractivity contribution in [2.75, 3.05) is 25.7 Å². The van der Waals surface area contributed by atoms with Gasteiger partial charge in [0.15, 0.2) is 0 Å². The minimum Gasteiger partial charge on any atom is -0.667 e. The van der Waals surface area contributed by atoms with Crippen LogP contribution >= 0.6 is 7.92 Å². The standard InChI is InChI=1S/C14H33N2PSi2.2Li/c1-15-18(3,4)12-17(13-19(5,6)16-2)14-10-8-7-9-11-14;;/h14H,7-13H2,1-6H3;;/q-2;2*+1. The molecular weight excluding hydrogens is 297 g/mol. The van der Waals surface area contributed by atoms with Crippen LogP contribution in [0.25, 0.3) is 9.96 Å². The summed E-state index contributed by atoms with van der Waals surface area (Å²) < 4.78 is 0. The molecule has 0 atom stereocenters. The van der Waals surface area contributed by atoms with E-state index >= 15 is 0 Å². The molecule has 0 aliphatic heterocycles. The largest absolute Gasteiger partial charge is 1.00 e. The van der Waals surface area contributed by atoms with Gasteiger partial charge in [-0.3, -0.25) is 0 Å². The summed E-state index contributed by atoms with van der Waals surface area (Å²) in [7, 11) is 1.66. The fourth-order valence-corrected chi connectivity index (χ4v) is 16.6. The van der Waals surface area contributed by atoms with Crippen LogP contribution in [0.1, 0.15) is 32.1 Å².